The molecule has 0 radical (unpaired) electrons. The molecule has 0 unspecified atom stereocenters. The summed E-state index contributed by atoms with van der Waals surface area (Å²) in [5.74, 6) is 0.634. The van der Waals surface area contributed by atoms with E-state index < -0.39 is 11.7 Å². The van der Waals surface area contributed by atoms with E-state index in [4.69, 9.17) is 4.74 Å². The number of halogens is 1. The molecule has 3 amide bonds. The number of ether oxygens (including phenoxy) is 1. The second-order valence-electron chi connectivity index (χ2n) is 8.42. The zero-order valence-electron chi connectivity index (χ0n) is 20.0. The number of alkyl carbamates (subject to hydrolysis) is 1. The van der Waals surface area contributed by atoms with E-state index in [2.05, 4.69) is 38.4 Å². The molecule has 0 saturated carbocycles. The van der Waals surface area contributed by atoms with Crippen LogP contribution in [0.15, 0.2) is 10.8 Å². The summed E-state index contributed by atoms with van der Waals surface area (Å²) in [6.45, 7) is 6.16. The lowest BCUT2D eigenvalue weighted by atomic mass is 10.2. The summed E-state index contributed by atoms with van der Waals surface area (Å²) >= 11 is 2.85. The minimum atomic E-state index is -0.630. The van der Waals surface area contributed by atoms with Gasteiger partial charge < -0.3 is 44.7 Å². The number of rotatable bonds is 11. The second-order valence-corrected chi connectivity index (χ2v) is 12.6. The zero-order chi connectivity index (χ0) is 24.4. The normalized spacial score (nSPS) is 11.0. The Hall–Kier alpha value is -1.45. The quantitative estimate of drug-likeness (QED) is 0.172. The highest BCUT2D eigenvalue weighted by atomic mass is 127. The molecule has 0 fully saturated rings. The van der Waals surface area contributed by atoms with E-state index in [1.165, 1.54) is 22.7 Å². The Morgan fingerprint density at radius 1 is 1.03 bits per heavy atom. The van der Waals surface area contributed by atoms with Crippen molar-refractivity contribution in [2.24, 2.45) is 0 Å². The fraction of sp³-hybridized carbons (Fsp3) is 0.571. The fourth-order valence-electron chi connectivity index (χ4n) is 2.51. The number of hydrogen-bond donors (Lipinski definition) is 3. The molecule has 2 aromatic heterocycles. The van der Waals surface area contributed by atoms with Gasteiger partial charge in [-0.25, -0.2) is 14.8 Å². The molecule has 34 heavy (non-hydrogen) atoms. The number of nitrogens with zero attached hydrogens (tertiary/aromatic N) is 2. The van der Waals surface area contributed by atoms with Crippen molar-refractivity contribution in [2.45, 2.75) is 39.2 Å². The van der Waals surface area contributed by atoms with Crippen molar-refractivity contribution >= 4 is 51.5 Å². The standard InChI is InChI=1S/C21H31N5O4S3.HI/c1-21(2,3)30-20(29)24-11-16(27)22-9-7-17-25-15(13-31-17)19-26-14(12-32-19)18(28)23-8-6-10-33(4)5;/h12-13H,6-11H2,1-5H3,(H2-,22,23,24,27,28,29);1H. The topological polar surface area (TPSA) is 122 Å². The van der Waals surface area contributed by atoms with Gasteiger partial charge in [0.25, 0.3) is 5.91 Å². The molecule has 13 heteroatoms. The van der Waals surface area contributed by atoms with E-state index in [-0.39, 0.29) is 42.3 Å². The van der Waals surface area contributed by atoms with Crippen LogP contribution in [0.3, 0.4) is 0 Å². The van der Waals surface area contributed by atoms with E-state index in [1.807, 2.05) is 5.38 Å². The van der Waals surface area contributed by atoms with Gasteiger partial charge in [-0.1, -0.05) is 0 Å². The average molecular weight is 642 g/mol. The van der Waals surface area contributed by atoms with Crippen molar-refractivity contribution in [3.05, 3.63) is 21.5 Å². The molecule has 0 aromatic carbocycles. The summed E-state index contributed by atoms with van der Waals surface area (Å²) in [5.41, 5.74) is 0.512. The van der Waals surface area contributed by atoms with E-state index in [0.717, 1.165) is 22.9 Å². The number of aromatic nitrogens is 2. The van der Waals surface area contributed by atoms with Gasteiger partial charge in [-0.15, -0.1) is 22.7 Å². The predicted molar refractivity (Wildman–Crippen MR) is 135 cm³/mol. The van der Waals surface area contributed by atoms with Gasteiger partial charge in [0.2, 0.25) is 5.91 Å². The first-order chi connectivity index (χ1) is 15.5. The van der Waals surface area contributed by atoms with Gasteiger partial charge in [0, 0.05) is 36.7 Å². The molecule has 9 nitrogen and oxygen atoms in total. The maximum Gasteiger partial charge on any atom is 0.408 e. The van der Waals surface area contributed by atoms with E-state index >= 15 is 0 Å². The molecule has 0 spiro atoms. The van der Waals surface area contributed by atoms with Crippen LogP contribution in [0.1, 0.15) is 42.7 Å². The van der Waals surface area contributed by atoms with Crippen molar-refractivity contribution in [2.75, 3.05) is 37.9 Å². The van der Waals surface area contributed by atoms with Gasteiger partial charge in [-0.05, 0) is 31.7 Å². The Kier molecular flexibility index (Phi) is 13.3. The number of thiazole rings is 2. The Morgan fingerprint density at radius 2 is 1.76 bits per heavy atom. The molecular weight excluding hydrogens is 609 g/mol. The first-order valence-electron chi connectivity index (χ1n) is 10.5. The summed E-state index contributed by atoms with van der Waals surface area (Å²) in [6.07, 6.45) is 5.26. The molecule has 190 valence electrons. The lowest BCUT2D eigenvalue weighted by molar-refractivity contribution is -0.120. The van der Waals surface area contributed by atoms with Crippen LogP contribution in [0.2, 0.25) is 0 Å². The molecule has 2 rings (SSSR count). The SMILES string of the molecule is C[S+](C)CCCNC(=O)c1csc(-c2csc(CCNC(=O)CNC(=O)OC(C)(C)C)n2)n1.[I-]. The summed E-state index contributed by atoms with van der Waals surface area (Å²) < 4.78 is 5.09. The van der Waals surface area contributed by atoms with Gasteiger partial charge in [0.15, 0.2) is 0 Å². The van der Waals surface area contributed by atoms with E-state index in [9.17, 15) is 14.4 Å². The van der Waals surface area contributed by atoms with Crippen molar-refractivity contribution in [3.8, 4) is 10.7 Å². The van der Waals surface area contributed by atoms with Gasteiger partial charge >= 0.3 is 6.09 Å². The van der Waals surface area contributed by atoms with Crippen molar-refractivity contribution < 1.29 is 43.1 Å². The highest BCUT2D eigenvalue weighted by molar-refractivity contribution is 7.95. The third-order valence-corrected chi connectivity index (χ3v) is 6.85. The minimum Gasteiger partial charge on any atom is -1.00 e. The lowest BCUT2D eigenvalue weighted by Crippen LogP contribution is -3.00. The summed E-state index contributed by atoms with van der Waals surface area (Å²) in [4.78, 5) is 44.7. The average Bonchev–Trinajstić information content (AvgIpc) is 3.37. The molecule has 0 atom stereocenters. The zero-order valence-corrected chi connectivity index (χ0v) is 24.6. The lowest BCUT2D eigenvalue weighted by Gasteiger charge is -2.19. The summed E-state index contributed by atoms with van der Waals surface area (Å²) in [6, 6.07) is 0. The monoisotopic (exact) mass is 641 g/mol. The molecule has 0 aliphatic rings. The third-order valence-electron chi connectivity index (χ3n) is 3.98. The van der Waals surface area contributed by atoms with Gasteiger partial charge in [0.1, 0.15) is 27.7 Å². The van der Waals surface area contributed by atoms with Crippen molar-refractivity contribution in [1.82, 2.24) is 25.9 Å². The number of nitrogens with one attached hydrogen (secondary N) is 3. The minimum absolute atomic E-state index is 0. The van der Waals surface area contributed by atoms with Crippen LogP contribution in [-0.4, -0.2) is 71.4 Å². The molecule has 0 aliphatic carbocycles. The van der Waals surface area contributed by atoms with Crippen LogP contribution >= 0.6 is 22.7 Å². The molecule has 0 aliphatic heterocycles. The van der Waals surface area contributed by atoms with Crippen LogP contribution in [-0.2, 0) is 26.8 Å². The Morgan fingerprint density at radius 3 is 2.44 bits per heavy atom. The summed E-state index contributed by atoms with van der Waals surface area (Å²) in [5, 5.41) is 13.2. The van der Waals surface area contributed by atoms with Gasteiger partial charge in [0.05, 0.1) is 24.1 Å². The Bertz CT molecular complexity index is 943. The van der Waals surface area contributed by atoms with Crippen molar-refractivity contribution in [3.63, 3.8) is 0 Å². The van der Waals surface area contributed by atoms with Crippen LogP contribution in [0, 0.1) is 0 Å². The molecule has 0 bridgehead atoms. The Balaban J connectivity index is 0.00000578. The fourth-order valence-corrected chi connectivity index (χ4v) is 4.85. The van der Waals surface area contributed by atoms with E-state index in [0.29, 0.717) is 41.1 Å². The first kappa shape index (κ1) is 30.6. The van der Waals surface area contributed by atoms with Crippen molar-refractivity contribution in [1.29, 1.82) is 0 Å². The Labute approximate surface area is 228 Å². The third kappa shape index (κ3) is 11.8. The van der Waals surface area contributed by atoms with E-state index in [1.54, 1.807) is 26.2 Å². The highest BCUT2D eigenvalue weighted by Gasteiger charge is 2.17. The molecule has 0 saturated heterocycles. The smallest absolute Gasteiger partial charge is 0.408 e. The maximum atomic E-state index is 12.3. The molecule has 3 N–H and O–H groups in total. The maximum absolute atomic E-state index is 12.3. The number of carbonyl (C=O) groups is 3. The van der Waals surface area contributed by atoms with Gasteiger partial charge in [-0.3, -0.25) is 9.59 Å². The summed E-state index contributed by atoms with van der Waals surface area (Å²) in [7, 11) is 0.378. The number of hydrogen-bond acceptors (Lipinski definition) is 8. The van der Waals surface area contributed by atoms with Gasteiger partial charge in [-0.2, -0.15) is 0 Å². The van der Waals surface area contributed by atoms with Crippen LogP contribution in [0.5, 0.6) is 0 Å². The molecule has 2 heterocycles. The van der Waals surface area contributed by atoms with Crippen LogP contribution in [0.25, 0.3) is 10.7 Å². The largest absolute Gasteiger partial charge is 1.00 e. The van der Waals surface area contributed by atoms with Crippen LogP contribution in [0.4, 0.5) is 4.79 Å². The number of amides is 3. The van der Waals surface area contributed by atoms with Crippen LogP contribution < -0.4 is 39.9 Å². The molecular formula is C21H32IN5O4S3. The number of carbonyl (C=O) groups excluding carboxylic acids is 3. The second kappa shape index (κ2) is 14.8. The predicted octanol–water partition coefficient (Wildman–Crippen LogP) is -0.548. The first-order valence-corrected chi connectivity index (χ1v) is 14.5. The molecule has 2 aromatic rings. The highest BCUT2D eigenvalue weighted by Crippen LogP contribution is 2.25.